The number of hydrogen-bond donors (Lipinski definition) is 1. The highest BCUT2D eigenvalue weighted by Crippen LogP contribution is 2.19. The maximum Gasteiger partial charge on any atom is 0.308 e. The van der Waals surface area contributed by atoms with Gasteiger partial charge in [-0.3, -0.25) is 4.79 Å². The zero-order chi connectivity index (χ0) is 12.7. The lowest BCUT2D eigenvalue weighted by Crippen LogP contribution is -2.18. The van der Waals surface area contributed by atoms with Crippen molar-refractivity contribution in [2.75, 3.05) is 13.7 Å². The molecule has 1 aromatic rings. The number of para-hydroxylation sites is 1. The van der Waals surface area contributed by atoms with E-state index in [0.29, 0.717) is 13.0 Å². The van der Waals surface area contributed by atoms with Crippen molar-refractivity contribution >= 4 is 5.97 Å². The molecule has 1 N–H and O–H groups in total. The van der Waals surface area contributed by atoms with Gasteiger partial charge in [-0.15, -0.1) is 0 Å². The molecule has 4 nitrogen and oxygen atoms in total. The zero-order valence-corrected chi connectivity index (χ0v) is 10.2. The van der Waals surface area contributed by atoms with E-state index in [4.69, 9.17) is 9.47 Å². The Morgan fingerprint density at radius 1 is 1.41 bits per heavy atom. The van der Waals surface area contributed by atoms with Crippen LogP contribution in [-0.4, -0.2) is 30.9 Å². The molecule has 0 radical (unpaired) electrons. The first-order valence-corrected chi connectivity index (χ1v) is 5.63. The van der Waals surface area contributed by atoms with Crippen LogP contribution in [0.15, 0.2) is 24.3 Å². The van der Waals surface area contributed by atoms with Crippen molar-refractivity contribution in [1.29, 1.82) is 0 Å². The molecule has 1 atom stereocenters. The van der Waals surface area contributed by atoms with Crippen LogP contribution in [0.4, 0.5) is 0 Å². The van der Waals surface area contributed by atoms with Crippen molar-refractivity contribution in [3.63, 3.8) is 0 Å². The average molecular weight is 238 g/mol. The molecule has 0 saturated heterocycles. The Morgan fingerprint density at radius 2 is 2.12 bits per heavy atom. The maximum absolute atomic E-state index is 11.2. The minimum Gasteiger partial charge on any atom is -0.496 e. The lowest BCUT2D eigenvalue weighted by molar-refractivity contribution is -0.145. The number of aliphatic hydroxyl groups excluding tert-OH is 1. The van der Waals surface area contributed by atoms with Crippen LogP contribution in [0.2, 0.25) is 0 Å². The topological polar surface area (TPSA) is 55.8 Å². The van der Waals surface area contributed by atoms with Crippen LogP contribution >= 0.6 is 0 Å². The number of methoxy groups -OCH3 is 1. The number of ether oxygens (including phenoxy) is 2. The molecule has 0 saturated carbocycles. The summed E-state index contributed by atoms with van der Waals surface area (Å²) in [5.74, 6) is 0.338. The summed E-state index contributed by atoms with van der Waals surface area (Å²) in [6.07, 6.45) is -0.361. The SMILES string of the molecule is CCOC(=O)C[C@H](O)Cc1ccccc1OC. The summed E-state index contributed by atoms with van der Waals surface area (Å²) in [5.41, 5.74) is 0.881. The van der Waals surface area contributed by atoms with Crippen molar-refractivity contribution in [1.82, 2.24) is 0 Å². The molecule has 0 heterocycles. The number of esters is 1. The van der Waals surface area contributed by atoms with Crippen LogP contribution in [-0.2, 0) is 16.0 Å². The molecule has 0 aliphatic rings. The Labute approximate surface area is 101 Å². The number of carbonyl (C=O) groups excluding carboxylic acids is 1. The Kier molecular flexibility index (Phi) is 5.49. The minimum atomic E-state index is -0.745. The molecule has 0 fully saturated rings. The number of hydrogen-bond acceptors (Lipinski definition) is 4. The number of rotatable bonds is 6. The van der Waals surface area contributed by atoms with E-state index < -0.39 is 6.10 Å². The molecule has 0 spiro atoms. The second-order valence-corrected chi connectivity index (χ2v) is 3.68. The lowest BCUT2D eigenvalue weighted by atomic mass is 10.0. The summed E-state index contributed by atoms with van der Waals surface area (Å²) in [6, 6.07) is 7.43. The van der Waals surface area contributed by atoms with E-state index in [1.807, 2.05) is 24.3 Å². The largest absolute Gasteiger partial charge is 0.496 e. The maximum atomic E-state index is 11.2. The third-order valence-corrected chi connectivity index (χ3v) is 2.36. The van der Waals surface area contributed by atoms with Gasteiger partial charge in [-0.25, -0.2) is 0 Å². The van der Waals surface area contributed by atoms with Crippen LogP contribution < -0.4 is 4.74 Å². The molecule has 1 aromatic carbocycles. The van der Waals surface area contributed by atoms with Gasteiger partial charge >= 0.3 is 5.97 Å². The predicted molar refractivity (Wildman–Crippen MR) is 64.0 cm³/mol. The predicted octanol–water partition coefficient (Wildman–Crippen LogP) is 1.55. The van der Waals surface area contributed by atoms with Crippen molar-refractivity contribution < 1.29 is 19.4 Å². The van der Waals surface area contributed by atoms with Gasteiger partial charge in [0.25, 0.3) is 0 Å². The quantitative estimate of drug-likeness (QED) is 0.764. The highest BCUT2D eigenvalue weighted by molar-refractivity contribution is 5.69. The molecule has 0 bridgehead atoms. The third-order valence-electron chi connectivity index (χ3n) is 2.36. The number of aliphatic hydroxyl groups is 1. The van der Waals surface area contributed by atoms with E-state index in [0.717, 1.165) is 11.3 Å². The Bertz CT molecular complexity index is 362. The van der Waals surface area contributed by atoms with Gasteiger partial charge < -0.3 is 14.6 Å². The molecular formula is C13H18O4. The molecule has 0 aliphatic heterocycles. The zero-order valence-electron chi connectivity index (χ0n) is 10.2. The molecule has 0 aromatic heterocycles. The van der Waals surface area contributed by atoms with Gasteiger partial charge in [0, 0.05) is 6.42 Å². The van der Waals surface area contributed by atoms with Crippen LogP contribution in [0.5, 0.6) is 5.75 Å². The molecule has 4 heteroatoms. The monoisotopic (exact) mass is 238 g/mol. The highest BCUT2D eigenvalue weighted by atomic mass is 16.5. The Hall–Kier alpha value is -1.55. The summed E-state index contributed by atoms with van der Waals surface area (Å²) < 4.78 is 9.95. The third kappa shape index (κ3) is 4.44. The first kappa shape index (κ1) is 13.5. The van der Waals surface area contributed by atoms with E-state index in [9.17, 15) is 9.90 Å². The van der Waals surface area contributed by atoms with Gasteiger partial charge in [-0.2, -0.15) is 0 Å². The molecule has 0 unspecified atom stereocenters. The fraction of sp³-hybridized carbons (Fsp3) is 0.462. The van der Waals surface area contributed by atoms with Crippen LogP contribution in [0.3, 0.4) is 0 Å². The molecule has 17 heavy (non-hydrogen) atoms. The minimum absolute atomic E-state index is 0.00584. The average Bonchev–Trinajstić information content (AvgIpc) is 2.29. The molecule has 1 rings (SSSR count). The summed E-state index contributed by atoms with van der Waals surface area (Å²) in [4.78, 5) is 11.2. The van der Waals surface area contributed by atoms with Crippen LogP contribution in [0.25, 0.3) is 0 Å². The molecule has 0 amide bonds. The van der Waals surface area contributed by atoms with Gasteiger partial charge in [-0.05, 0) is 18.6 Å². The second-order valence-electron chi connectivity index (χ2n) is 3.68. The molecular weight excluding hydrogens is 220 g/mol. The molecule has 94 valence electrons. The van der Waals surface area contributed by atoms with Gasteiger partial charge in [0.15, 0.2) is 0 Å². The fourth-order valence-corrected chi connectivity index (χ4v) is 1.61. The summed E-state index contributed by atoms with van der Waals surface area (Å²) in [7, 11) is 1.58. The Balaban J connectivity index is 2.55. The first-order valence-electron chi connectivity index (χ1n) is 5.63. The number of carbonyl (C=O) groups is 1. The van der Waals surface area contributed by atoms with E-state index in [2.05, 4.69) is 0 Å². The van der Waals surface area contributed by atoms with Crippen molar-refractivity contribution in [2.45, 2.75) is 25.9 Å². The van der Waals surface area contributed by atoms with Crippen molar-refractivity contribution in [3.05, 3.63) is 29.8 Å². The van der Waals surface area contributed by atoms with Gasteiger partial charge in [0.05, 0.1) is 26.2 Å². The Morgan fingerprint density at radius 3 is 2.76 bits per heavy atom. The standard InChI is InChI=1S/C13H18O4/c1-3-17-13(15)9-11(14)8-10-6-4-5-7-12(10)16-2/h4-7,11,14H,3,8-9H2,1-2H3/t11-/m1/s1. The van der Waals surface area contributed by atoms with Gasteiger partial charge in [0.2, 0.25) is 0 Å². The molecule has 0 aliphatic carbocycles. The van der Waals surface area contributed by atoms with Crippen molar-refractivity contribution in [3.8, 4) is 5.75 Å². The second kappa shape index (κ2) is 6.91. The smallest absolute Gasteiger partial charge is 0.308 e. The first-order chi connectivity index (χ1) is 8.17. The summed E-state index contributed by atoms with van der Waals surface area (Å²) >= 11 is 0. The van der Waals surface area contributed by atoms with E-state index >= 15 is 0 Å². The van der Waals surface area contributed by atoms with Gasteiger partial charge in [0.1, 0.15) is 5.75 Å². The van der Waals surface area contributed by atoms with Crippen LogP contribution in [0, 0.1) is 0 Å². The van der Waals surface area contributed by atoms with E-state index in [-0.39, 0.29) is 12.4 Å². The van der Waals surface area contributed by atoms with Crippen molar-refractivity contribution in [2.24, 2.45) is 0 Å². The lowest BCUT2D eigenvalue weighted by Gasteiger charge is -2.12. The normalized spacial score (nSPS) is 11.9. The van der Waals surface area contributed by atoms with Crippen LogP contribution in [0.1, 0.15) is 18.9 Å². The van der Waals surface area contributed by atoms with E-state index in [1.165, 1.54) is 0 Å². The van der Waals surface area contributed by atoms with E-state index in [1.54, 1.807) is 14.0 Å². The number of benzene rings is 1. The summed E-state index contributed by atoms with van der Waals surface area (Å²) in [5, 5.41) is 9.76. The fourth-order valence-electron chi connectivity index (χ4n) is 1.61. The van der Waals surface area contributed by atoms with Gasteiger partial charge in [-0.1, -0.05) is 18.2 Å². The highest BCUT2D eigenvalue weighted by Gasteiger charge is 2.14. The summed E-state index contributed by atoms with van der Waals surface area (Å²) in [6.45, 7) is 2.07.